The fraction of sp³-hybridized carbons (Fsp3) is 0.348. The van der Waals surface area contributed by atoms with Crippen molar-refractivity contribution in [1.82, 2.24) is 10.3 Å². The lowest BCUT2D eigenvalue weighted by atomic mass is 9.88. The molecule has 1 aromatic heterocycles. The Morgan fingerprint density at radius 2 is 2.25 bits per heavy atom. The van der Waals surface area contributed by atoms with Crippen molar-refractivity contribution in [2.75, 3.05) is 31.6 Å². The first kappa shape index (κ1) is 21.7. The number of nitrogens with zero attached hydrogens (tertiary/aromatic N) is 1. The second kappa shape index (κ2) is 8.94. The third-order valence-electron chi connectivity index (χ3n) is 5.65. The van der Waals surface area contributed by atoms with E-state index in [0.29, 0.717) is 37.2 Å². The van der Waals surface area contributed by atoms with Crippen LogP contribution in [0.1, 0.15) is 28.9 Å². The number of primary amides is 1. The third kappa shape index (κ3) is 4.28. The minimum absolute atomic E-state index is 0.0119. The van der Waals surface area contributed by atoms with Gasteiger partial charge in [-0.2, -0.15) is 0 Å². The molecule has 2 atom stereocenters. The lowest BCUT2D eigenvalue weighted by molar-refractivity contribution is -0.126. The van der Waals surface area contributed by atoms with Gasteiger partial charge in [0.2, 0.25) is 5.91 Å². The zero-order chi connectivity index (χ0) is 22.7. The second-order valence-corrected chi connectivity index (χ2v) is 7.82. The van der Waals surface area contributed by atoms with Crippen LogP contribution in [0.3, 0.4) is 0 Å². The zero-order valence-electron chi connectivity index (χ0n) is 17.3. The highest BCUT2D eigenvalue weighted by atomic mass is 19.1. The first-order valence-corrected chi connectivity index (χ1v) is 10.3. The molecule has 0 radical (unpaired) electrons. The quantitative estimate of drug-likeness (QED) is 0.499. The molecule has 0 bridgehead atoms. The predicted molar refractivity (Wildman–Crippen MR) is 115 cm³/mol. The highest BCUT2D eigenvalue weighted by Crippen LogP contribution is 2.28. The number of hydrogen-bond acceptors (Lipinski definition) is 6. The van der Waals surface area contributed by atoms with Gasteiger partial charge in [-0.1, -0.05) is 24.0 Å². The Morgan fingerprint density at radius 1 is 1.44 bits per heavy atom. The molecule has 0 unspecified atom stereocenters. The summed E-state index contributed by atoms with van der Waals surface area (Å²) in [6.07, 6.45) is 1.31. The minimum Gasteiger partial charge on any atom is -0.394 e. The first-order valence-electron chi connectivity index (χ1n) is 10.3. The van der Waals surface area contributed by atoms with E-state index in [1.807, 2.05) is 0 Å². The van der Waals surface area contributed by atoms with Crippen LogP contribution < -0.4 is 16.4 Å². The van der Waals surface area contributed by atoms with Crippen molar-refractivity contribution in [3.8, 4) is 23.1 Å². The average Bonchev–Trinajstić information content (AvgIpc) is 3.12. The van der Waals surface area contributed by atoms with E-state index in [1.54, 1.807) is 24.3 Å². The monoisotopic (exact) mass is 438 g/mol. The van der Waals surface area contributed by atoms with Crippen LogP contribution in [0.5, 0.6) is 0 Å². The molecule has 166 valence electrons. The SMILES string of the molecule is NC(=O)c1nc(-c2cccc(C#C[C@@]3(CO)CCNC3=O)c2)c(F)cc1NC[C@H]1CCO1. The number of benzene rings is 1. The van der Waals surface area contributed by atoms with Crippen molar-refractivity contribution in [2.45, 2.75) is 18.9 Å². The van der Waals surface area contributed by atoms with Gasteiger partial charge in [-0.15, -0.1) is 0 Å². The molecule has 2 aromatic rings. The summed E-state index contributed by atoms with van der Waals surface area (Å²) < 4.78 is 20.2. The molecular formula is C23H23FN4O4. The van der Waals surface area contributed by atoms with E-state index in [2.05, 4.69) is 27.5 Å². The van der Waals surface area contributed by atoms with Crippen LogP contribution >= 0.6 is 0 Å². The molecule has 2 aliphatic rings. The fourth-order valence-corrected chi connectivity index (χ4v) is 3.60. The van der Waals surface area contributed by atoms with Crippen LogP contribution in [0.15, 0.2) is 30.3 Å². The topological polar surface area (TPSA) is 127 Å². The minimum atomic E-state index is -1.14. The number of amides is 2. The van der Waals surface area contributed by atoms with Gasteiger partial charge >= 0.3 is 0 Å². The van der Waals surface area contributed by atoms with Gasteiger partial charge in [-0.25, -0.2) is 9.37 Å². The van der Waals surface area contributed by atoms with Gasteiger partial charge < -0.3 is 26.2 Å². The number of nitrogens with one attached hydrogen (secondary N) is 2. The molecule has 1 aromatic carbocycles. The molecule has 0 saturated carbocycles. The van der Waals surface area contributed by atoms with Crippen molar-refractivity contribution in [3.63, 3.8) is 0 Å². The van der Waals surface area contributed by atoms with E-state index in [4.69, 9.17) is 10.5 Å². The van der Waals surface area contributed by atoms with Crippen molar-refractivity contribution >= 4 is 17.5 Å². The van der Waals surface area contributed by atoms with E-state index in [-0.39, 0.29) is 35.7 Å². The zero-order valence-corrected chi connectivity index (χ0v) is 17.3. The summed E-state index contributed by atoms with van der Waals surface area (Å²) in [5.74, 6) is 4.04. The number of anilines is 1. The number of pyridine rings is 1. The van der Waals surface area contributed by atoms with Gasteiger partial charge in [0.15, 0.2) is 11.5 Å². The number of ether oxygens (including phenoxy) is 1. The maximum Gasteiger partial charge on any atom is 0.269 e. The molecule has 2 fully saturated rings. The summed E-state index contributed by atoms with van der Waals surface area (Å²) in [5.41, 5.74) is 5.35. The number of aliphatic hydroxyl groups is 1. The molecule has 9 heteroatoms. The number of nitrogens with two attached hydrogens (primary N) is 1. The van der Waals surface area contributed by atoms with Gasteiger partial charge in [-0.05, 0) is 25.0 Å². The summed E-state index contributed by atoms with van der Waals surface area (Å²) in [5, 5.41) is 15.3. The average molecular weight is 438 g/mol. The predicted octanol–water partition coefficient (Wildman–Crippen LogP) is 1.04. The molecule has 2 saturated heterocycles. The lowest BCUT2D eigenvalue weighted by Crippen LogP contribution is -2.34. The molecule has 0 spiro atoms. The van der Waals surface area contributed by atoms with Gasteiger partial charge in [0, 0.05) is 36.9 Å². The summed E-state index contributed by atoms with van der Waals surface area (Å²) in [6, 6.07) is 7.82. The Balaban J connectivity index is 1.64. The largest absolute Gasteiger partial charge is 0.394 e. The molecular weight excluding hydrogens is 415 g/mol. The Morgan fingerprint density at radius 3 is 2.88 bits per heavy atom. The maximum absolute atomic E-state index is 14.9. The van der Waals surface area contributed by atoms with Gasteiger partial charge in [0.1, 0.15) is 11.1 Å². The van der Waals surface area contributed by atoms with Gasteiger partial charge in [-0.3, -0.25) is 9.59 Å². The molecule has 5 N–H and O–H groups in total. The first-order chi connectivity index (χ1) is 15.4. The van der Waals surface area contributed by atoms with E-state index in [9.17, 15) is 19.1 Å². The van der Waals surface area contributed by atoms with Gasteiger partial charge in [0.05, 0.1) is 18.4 Å². The summed E-state index contributed by atoms with van der Waals surface area (Å²) in [6.45, 7) is 1.17. The van der Waals surface area contributed by atoms with E-state index in [0.717, 1.165) is 6.42 Å². The Kier molecular flexibility index (Phi) is 6.08. The van der Waals surface area contributed by atoms with Crippen LogP contribution in [-0.2, 0) is 9.53 Å². The fourth-order valence-electron chi connectivity index (χ4n) is 3.60. The Bertz CT molecular complexity index is 1120. The van der Waals surface area contributed by atoms with Crippen LogP contribution in [-0.4, -0.2) is 54.3 Å². The number of carbonyl (C=O) groups excluding carboxylic acids is 2. The van der Waals surface area contributed by atoms with Crippen LogP contribution in [0.2, 0.25) is 0 Å². The summed E-state index contributed by atoms with van der Waals surface area (Å²) >= 11 is 0. The van der Waals surface area contributed by atoms with E-state index < -0.39 is 17.1 Å². The second-order valence-electron chi connectivity index (χ2n) is 7.82. The molecule has 32 heavy (non-hydrogen) atoms. The van der Waals surface area contributed by atoms with Crippen molar-refractivity contribution < 1.29 is 23.8 Å². The maximum atomic E-state index is 14.9. The van der Waals surface area contributed by atoms with Crippen molar-refractivity contribution in [2.24, 2.45) is 11.1 Å². The standard InChI is InChI=1S/C23H23FN4O4/c24-17-11-18(27-12-16-5-9-32-16)20(21(25)30)28-19(17)15-3-1-2-14(10-15)4-6-23(13-29)7-8-26-22(23)31/h1-3,10-11,16,27,29H,5,7-9,12-13H2,(H2,25,30)(H,26,31)/t16-,23+/m1/s1. The highest BCUT2D eigenvalue weighted by molar-refractivity contribution is 5.97. The van der Waals surface area contributed by atoms with Crippen LogP contribution in [0, 0.1) is 23.1 Å². The smallest absolute Gasteiger partial charge is 0.269 e. The molecule has 4 rings (SSSR count). The van der Waals surface area contributed by atoms with Gasteiger partial charge in [0.25, 0.3) is 5.91 Å². The molecule has 3 heterocycles. The Labute approximate surface area is 184 Å². The number of rotatable bonds is 6. The number of aromatic nitrogens is 1. The summed E-state index contributed by atoms with van der Waals surface area (Å²) in [7, 11) is 0. The molecule has 2 aliphatic heterocycles. The number of hydrogen-bond donors (Lipinski definition) is 4. The van der Waals surface area contributed by atoms with Crippen molar-refractivity contribution in [1.29, 1.82) is 0 Å². The molecule has 8 nitrogen and oxygen atoms in total. The Hall–Kier alpha value is -3.48. The lowest BCUT2D eigenvalue weighted by Gasteiger charge is -2.27. The van der Waals surface area contributed by atoms with E-state index >= 15 is 0 Å². The summed E-state index contributed by atoms with van der Waals surface area (Å²) in [4.78, 5) is 28.2. The van der Waals surface area contributed by atoms with Crippen LogP contribution in [0.4, 0.5) is 10.1 Å². The van der Waals surface area contributed by atoms with Crippen LogP contribution in [0.25, 0.3) is 11.3 Å². The van der Waals surface area contributed by atoms with E-state index in [1.165, 1.54) is 6.07 Å². The van der Waals surface area contributed by atoms with Crippen molar-refractivity contribution in [3.05, 3.63) is 47.4 Å². The normalized spacial score (nSPS) is 21.8. The molecule has 0 aliphatic carbocycles. The highest BCUT2D eigenvalue weighted by Gasteiger charge is 2.40. The number of halogens is 1. The number of aliphatic hydroxyl groups excluding tert-OH is 1. The number of carbonyl (C=O) groups is 2. The molecule has 2 amide bonds. The third-order valence-corrected chi connectivity index (χ3v) is 5.65.